The van der Waals surface area contributed by atoms with Gasteiger partial charge in [-0.05, 0) is 30.7 Å². The van der Waals surface area contributed by atoms with Gasteiger partial charge in [0.05, 0.1) is 21.3 Å². The second kappa shape index (κ2) is 10.6. The van der Waals surface area contributed by atoms with Gasteiger partial charge >= 0.3 is 17.9 Å². The van der Waals surface area contributed by atoms with Crippen LogP contribution < -0.4 is 9.47 Å². The first kappa shape index (κ1) is 21.8. The van der Waals surface area contributed by atoms with Crippen LogP contribution in [0.1, 0.15) is 12.5 Å². The number of ether oxygens (including phenoxy) is 5. The van der Waals surface area contributed by atoms with Crippen LogP contribution in [0.15, 0.2) is 35.9 Å². The van der Waals surface area contributed by atoms with E-state index in [4.69, 9.17) is 14.2 Å². The minimum absolute atomic E-state index is 0.0470. The molecule has 0 aliphatic heterocycles. The molecule has 0 aromatic heterocycles. The third kappa shape index (κ3) is 6.50. The number of carbonyl (C=O) groups excluding carboxylic acids is 3. The summed E-state index contributed by atoms with van der Waals surface area (Å²) >= 11 is 0. The molecule has 0 fully saturated rings. The van der Waals surface area contributed by atoms with Crippen molar-refractivity contribution in [3.05, 3.63) is 41.5 Å². The van der Waals surface area contributed by atoms with E-state index in [2.05, 4.69) is 16.1 Å². The highest BCUT2D eigenvalue weighted by molar-refractivity contribution is 6.17. The van der Waals surface area contributed by atoms with Crippen molar-refractivity contribution in [3.63, 3.8) is 0 Å². The van der Waals surface area contributed by atoms with Crippen LogP contribution in [-0.2, 0) is 28.6 Å². The molecule has 0 heterocycles. The summed E-state index contributed by atoms with van der Waals surface area (Å²) in [5, 5.41) is 0. The van der Waals surface area contributed by atoms with Gasteiger partial charge in [-0.25, -0.2) is 14.4 Å². The summed E-state index contributed by atoms with van der Waals surface area (Å²) in [5.41, 5.74) is 0.539. The van der Waals surface area contributed by atoms with Crippen LogP contribution in [0.4, 0.5) is 0 Å². The van der Waals surface area contributed by atoms with Crippen molar-refractivity contribution < 1.29 is 38.1 Å². The molecule has 8 nitrogen and oxygen atoms in total. The van der Waals surface area contributed by atoms with E-state index in [0.717, 1.165) is 14.2 Å². The van der Waals surface area contributed by atoms with Crippen LogP contribution >= 0.6 is 0 Å². The molecule has 0 aliphatic rings. The monoisotopic (exact) mass is 378 g/mol. The van der Waals surface area contributed by atoms with Crippen molar-refractivity contribution in [1.82, 2.24) is 0 Å². The minimum Gasteiger partial charge on any atom is -0.493 e. The first-order valence-corrected chi connectivity index (χ1v) is 7.85. The lowest BCUT2D eigenvalue weighted by molar-refractivity contribution is -0.144. The molecule has 1 aromatic rings. The maximum atomic E-state index is 11.7. The van der Waals surface area contributed by atoms with Gasteiger partial charge in [0.15, 0.2) is 11.5 Å². The Hall–Kier alpha value is -3.29. The quantitative estimate of drug-likeness (QED) is 0.161. The lowest BCUT2D eigenvalue weighted by atomic mass is 10.1. The van der Waals surface area contributed by atoms with Crippen LogP contribution in [0.3, 0.4) is 0 Å². The molecule has 0 N–H and O–H groups in total. The first-order chi connectivity index (χ1) is 12.8. The SMILES string of the molecule is C=C(C)C(=O)OCCOc1ccc(C=C(C(=O)OC)C(=O)OC)cc1OC. The number of benzene rings is 1. The number of carbonyl (C=O) groups is 3. The van der Waals surface area contributed by atoms with Gasteiger partial charge in [-0.2, -0.15) is 0 Å². The minimum atomic E-state index is -0.819. The fourth-order valence-electron chi connectivity index (χ4n) is 1.89. The van der Waals surface area contributed by atoms with Crippen molar-refractivity contribution in [2.24, 2.45) is 0 Å². The van der Waals surface area contributed by atoms with Crippen molar-refractivity contribution in [2.75, 3.05) is 34.5 Å². The third-order valence-electron chi connectivity index (χ3n) is 3.23. The van der Waals surface area contributed by atoms with Crippen LogP contribution in [0.2, 0.25) is 0 Å². The van der Waals surface area contributed by atoms with E-state index in [1.165, 1.54) is 13.2 Å². The molecule has 27 heavy (non-hydrogen) atoms. The van der Waals surface area contributed by atoms with Crippen LogP contribution in [-0.4, -0.2) is 52.5 Å². The number of hydrogen-bond donors (Lipinski definition) is 0. The fraction of sp³-hybridized carbons (Fsp3) is 0.316. The van der Waals surface area contributed by atoms with E-state index in [-0.39, 0.29) is 18.8 Å². The van der Waals surface area contributed by atoms with Crippen LogP contribution in [0.25, 0.3) is 6.08 Å². The van der Waals surface area contributed by atoms with Crippen molar-refractivity contribution in [3.8, 4) is 11.5 Å². The highest BCUT2D eigenvalue weighted by atomic mass is 16.6. The van der Waals surface area contributed by atoms with Gasteiger partial charge in [0.1, 0.15) is 18.8 Å². The molecule has 0 bridgehead atoms. The standard InChI is InChI=1S/C19H22O8/c1-12(2)17(20)27-9-8-26-15-7-6-13(11-16(15)23-3)10-14(18(21)24-4)19(22)25-5/h6-7,10-11H,1,8-9H2,2-5H3. The van der Waals surface area contributed by atoms with E-state index < -0.39 is 17.9 Å². The molecule has 0 radical (unpaired) electrons. The van der Waals surface area contributed by atoms with E-state index in [9.17, 15) is 14.4 Å². The molecule has 0 saturated heterocycles. The molecule has 0 amide bonds. The zero-order chi connectivity index (χ0) is 20.4. The van der Waals surface area contributed by atoms with Gasteiger partial charge in [-0.15, -0.1) is 0 Å². The number of hydrogen-bond acceptors (Lipinski definition) is 8. The predicted octanol–water partition coefficient (Wildman–Crippen LogP) is 1.92. The highest BCUT2D eigenvalue weighted by Gasteiger charge is 2.20. The number of rotatable bonds is 9. The number of methoxy groups -OCH3 is 3. The van der Waals surface area contributed by atoms with Gasteiger partial charge in [-0.3, -0.25) is 0 Å². The molecule has 1 aromatic carbocycles. The van der Waals surface area contributed by atoms with Gasteiger partial charge in [0, 0.05) is 5.57 Å². The normalized spacial score (nSPS) is 9.63. The summed E-state index contributed by atoms with van der Waals surface area (Å²) in [5.74, 6) is -1.37. The van der Waals surface area contributed by atoms with Gasteiger partial charge in [-0.1, -0.05) is 12.6 Å². The summed E-state index contributed by atoms with van der Waals surface area (Å²) in [6, 6.07) is 4.78. The average molecular weight is 378 g/mol. The largest absolute Gasteiger partial charge is 0.493 e. The van der Waals surface area contributed by atoms with E-state index >= 15 is 0 Å². The summed E-state index contributed by atoms with van der Waals surface area (Å²) in [4.78, 5) is 34.7. The predicted molar refractivity (Wildman–Crippen MR) is 96.3 cm³/mol. The van der Waals surface area contributed by atoms with Crippen LogP contribution in [0.5, 0.6) is 11.5 Å². The molecule has 0 spiro atoms. The molecule has 8 heteroatoms. The zero-order valence-electron chi connectivity index (χ0n) is 15.7. The van der Waals surface area contributed by atoms with E-state index in [1.807, 2.05) is 0 Å². The summed E-state index contributed by atoms with van der Waals surface area (Å²) < 4.78 is 24.9. The molecule has 0 saturated carbocycles. The first-order valence-electron chi connectivity index (χ1n) is 7.85. The van der Waals surface area contributed by atoms with Crippen molar-refractivity contribution >= 4 is 24.0 Å². The lowest BCUT2D eigenvalue weighted by Gasteiger charge is -2.12. The maximum absolute atomic E-state index is 11.7. The van der Waals surface area contributed by atoms with Crippen LogP contribution in [0, 0.1) is 0 Å². The van der Waals surface area contributed by atoms with Gasteiger partial charge < -0.3 is 23.7 Å². The maximum Gasteiger partial charge on any atom is 0.345 e. The van der Waals surface area contributed by atoms with Gasteiger partial charge in [0.25, 0.3) is 0 Å². The zero-order valence-corrected chi connectivity index (χ0v) is 15.7. The third-order valence-corrected chi connectivity index (χ3v) is 3.23. The molecule has 0 unspecified atom stereocenters. The summed E-state index contributed by atoms with van der Waals surface area (Å²) in [7, 11) is 3.77. The molecular weight excluding hydrogens is 356 g/mol. The Morgan fingerprint density at radius 1 is 0.963 bits per heavy atom. The Balaban J connectivity index is 2.91. The lowest BCUT2D eigenvalue weighted by Crippen LogP contribution is -2.15. The molecule has 0 atom stereocenters. The topological polar surface area (TPSA) is 97.4 Å². The second-order valence-corrected chi connectivity index (χ2v) is 5.22. The average Bonchev–Trinajstić information content (AvgIpc) is 2.68. The van der Waals surface area contributed by atoms with E-state index in [1.54, 1.807) is 25.1 Å². The molecule has 1 rings (SSSR count). The Bertz CT molecular complexity index is 730. The van der Waals surface area contributed by atoms with Gasteiger partial charge in [0.2, 0.25) is 0 Å². The Kier molecular flexibility index (Phi) is 8.58. The Morgan fingerprint density at radius 2 is 1.59 bits per heavy atom. The molecule has 0 aliphatic carbocycles. The Morgan fingerprint density at radius 3 is 2.11 bits per heavy atom. The molecule has 146 valence electrons. The summed E-state index contributed by atoms with van der Waals surface area (Å²) in [6.45, 7) is 5.19. The smallest absolute Gasteiger partial charge is 0.345 e. The summed E-state index contributed by atoms with van der Waals surface area (Å²) in [6.07, 6.45) is 1.32. The van der Waals surface area contributed by atoms with Crippen molar-refractivity contribution in [2.45, 2.75) is 6.92 Å². The second-order valence-electron chi connectivity index (χ2n) is 5.22. The van der Waals surface area contributed by atoms with E-state index in [0.29, 0.717) is 22.6 Å². The number of esters is 3. The Labute approximate surface area is 157 Å². The fourth-order valence-corrected chi connectivity index (χ4v) is 1.89. The highest BCUT2D eigenvalue weighted by Crippen LogP contribution is 2.29. The molecular formula is C19H22O8. The van der Waals surface area contributed by atoms with Crippen molar-refractivity contribution in [1.29, 1.82) is 0 Å².